The number of nitrogens with zero attached hydrogens (tertiary/aromatic N) is 1. The molecule has 1 aliphatic carbocycles. The summed E-state index contributed by atoms with van der Waals surface area (Å²) in [7, 11) is 0. The lowest BCUT2D eigenvalue weighted by molar-refractivity contribution is 0.415. The van der Waals surface area contributed by atoms with E-state index in [-0.39, 0.29) is 11.3 Å². The van der Waals surface area contributed by atoms with Crippen molar-refractivity contribution in [2.75, 3.05) is 0 Å². The number of benzene rings is 1. The van der Waals surface area contributed by atoms with Crippen LogP contribution >= 0.6 is 0 Å². The zero-order chi connectivity index (χ0) is 12.5. The summed E-state index contributed by atoms with van der Waals surface area (Å²) >= 11 is 0. The fourth-order valence-electron chi connectivity index (χ4n) is 1.78. The standard InChI is InChI=1S/C13H12F2N2O/c14-10-2-1-3-11(15)13(10)12-6-9(17-18-12)7-16-8-4-5-8/h1-3,6,8,16H,4-5,7H2. The minimum Gasteiger partial charge on any atom is -0.356 e. The minimum absolute atomic E-state index is 0.123. The van der Waals surface area contributed by atoms with Crippen molar-refractivity contribution in [2.24, 2.45) is 0 Å². The zero-order valence-corrected chi connectivity index (χ0v) is 9.62. The predicted molar refractivity (Wildman–Crippen MR) is 61.7 cm³/mol. The van der Waals surface area contributed by atoms with Crippen molar-refractivity contribution in [3.63, 3.8) is 0 Å². The van der Waals surface area contributed by atoms with Crippen molar-refractivity contribution in [3.05, 3.63) is 41.6 Å². The molecule has 1 aromatic heterocycles. The van der Waals surface area contributed by atoms with E-state index in [4.69, 9.17) is 4.52 Å². The van der Waals surface area contributed by atoms with Crippen LogP contribution in [0.1, 0.15) is 18.5 Å². The molecule has 0 unspecified atom stereocenters. The topological polar surface area (TPSA) is 38.1 Å². The molecule has 0 bridgehead atoms. The lowest BCUT2D eigenvalue weighted by Gasteiger charge is -1.99. The van der Waals surface area contributed by atoms with E-state index in [9.17, 15) is 8.78 Å². The summed E-state index contributed by atoms with van der Waals surface area (Å²) in [5.41, 5.74) is 0.488. The molecule has 0 radical (unpaired) electrons. The number of hydrogen-bond acceptors (Lipinski definition) is 3. The van der Waals surface area contributed by atoms with Gasteiger partial charge in [-0.15, -0.1) is 0 Å². The third-order valence-corrected chi connectivity index (χ3v) is 2.92. The van der Waals surface area contributed by atoms with Gasteiger partial charge in [0, 0.05) is 18.7 Å². The summed E-state index contributed by atoms with van der Waals surface area (Å²) in [6.07, 6.45) is 2.35. The Morgan fingerprint density at radius 3 is 2.67 bits per heavy atom. The van der Waals surface area contributed by atoms with E-state index in [0.717, 1.165) is 0 Å². The Morgan fingerprint density at radius 1 is 1.28 bits per heavy atom. The molecule has 0 saturated heterocycles. The molecule has 1 N–H and O–H groups in total. The monoisotopic (exact) mass is 250 g/mol. The summed E-state index contributed by atoms with van der Waals surface area (Å²) < 4.78 is 32.0. The van der Waals surface area contributed by atoms with Gasteiger partial charge in [0.2, 0.25) is 0 Å². The third-order valence-electron chi connectivity index (χ3n) is 2.92. The van der Waals surface area contributed by atoms with Crippen LogP contribution in [0.3, 0.4) is 0 Å². The average molecular weight is 250 g/mol. The van der Waals surface area contributed by atoms with Gasteiger partial charge in [0.1, 0.15) is 11.6 Å². The SMILES string of the molecule is Fc1cccc(F)c1-c1cc(CNC2CC2)no1. The molecule has 0 atom stereocenters. The lowest BCUT2D eigenvalue weighted by atomic mass is 10.1. The molecular formula is C13H12F2N2O. The molecule has 1 aliphatic rings. The molecule has 5 heteroatoms. The summed E-state index contributed by atoms with van der Waals surface area (Å²) in [6.45, 7) is 0.560. The van der Waals surface area contributed by atoms with Gasteiger partial charge < -0.3 is 9.84 Å². The second kappa shape index (κ2) is 4.49. The molecular weight excluding hydrogens is 238 g/mol. The molecule has 3 rings (SSSR count). The van der Waals surface area contributed by atoms with Crippen molar-refractivity contribution >= 4 is 0 Å². The van der Waals surface area contributed by atoms with Crippen LogP contribution < -0.4 is 5.32 Å². The largest absolute Gasteiger partial charge is 0.356 e. The Bertz CT molecular complexity index is 544. The highest BCUT2D eigenvalue weighted by atomic mass is 19.1. The minimum atomic E-state index is -0.646. The normalized spacial score (nSPS) is 15.0. The molecule has 1 fully saturated rings. The van der Waals surface area contributed by atoms with E-state index in [1.807, 2.05) is 0 Å². The molecule has 0 spiro atoms. The highest BCUT2D eigenvalue weighted by Crippen LogP contribution is 2.27. The van der Waals surface area contributed by atoms with Crippen LogP contribution in [0.5, 0.6) is 0 Å². The first-order chi connectivity index (χ1) is 8.74. The smallest absolute Gasteiger partial charge is 0.173 e. The molecule has 94 valence electrons. The molecule has 1 aromatic carbocycles. The quantitative estimate of drug-likeness (QED) is 0.906. The van der Waals surface area contributed by atoms with Crippen LogP contribution in [0.15, 0.2) is 28.8 Å². The first kappa shape index (κ1) is 11.3. The van der Waals surface area contributed by atoms with Crippen molar-refractivity contribution in [1.82, 2.24) is 10.5 Å². The van der Waals surface area contributed by atoms with E-state index < -0.39 is 11.6 Å². The average Bonchev–Trinajstić information content (AvgIpc) is 3.06. The second-order valence-electron chi connectivity index (χ2n) is 4.43. The molecule has 18 heavy (non-hydrogen) atoms. The Kier molecular flexibility index (Phi) is 2.83. The number of rotatable bonds is 4. The first-order valence-corrected chi connectivity index (χ1v) is 5.87. The molecule has 0 aliphatic heterocycles. The van der Waals surface area contributed by atoms with Crippen LogP contribution in [0.2, 0.25) is 0 Å². The van der Waals surface area contributed by atoms with Gasteiger partial charge in [-0.3, -0.25) is 0 Å². The van der Waals surface area contributed by atoms with E-state index in [0.29, 0.717) is 18.3 Å². The van der Waals surface area contributed by atoms with Crippen LogP contribution in [-0.2, 0) is 6.54 Å². The van der Waals surface area contributed by atoms with Gasteiger partial charge in [-0.1, -0.05) is 11.2 Å². The molecule has 1 heterocycles. The molecule has 0 amide bonds. The number of hydrogen-bond donors (Lipinski definition) is 1. The van der Waals surface area contributed by atoms with Gasteiger partial charge in [-0.05, 0) is 25.0 Å². The molecule has 2 aromatic rings. The van der Waals surface area contributed by atoms with Gasteiger partial charge in [0.15, 0.2) is 5.76 Å². The van der Waals surface area contributed by atoms with E-state index in [1.165, 1.54) is 31.0 Å². The van der Waals surface area contributed by atoms with E-state index >= 15 is 0 Å². The maximum atomic E-state index is 13.5. The maximum Gasteiger partial charge on any atom is 0.173 e. The molecule has 1 saturated carbocycles. The summed E-state index contributed by atoms with van der Waals surface area (Å²) in [5, 5.41) is 7.06. The van der Waals surface area contributed by atoms with E-state index in [1.54, 1.807) is 6.07 Å². The number of nitrogens with one attached hydrogen (secondary N) is 1. The fourth-order valence-corrected chi connectivity index (χ4v) is 1.78. The van der Waals surface area contributed by atoms with Crippen LogP contribution in [0.25, 0.3) is 11.3 Å². The predicted octanol–water partition coefficient (Wildman–Crippen LogP) is 2.87. The molecule has 3 nitrogen and oxygen atoms in total. The van der Waals surface area contributed by atoms with Gasteiger partial charge in [0.25, 0.3) is 0 Å². The van der Waals surface area contributed by atoms with Gasteiger partial charge >= 0.3 is 0 Å². The van der Waals surface area contributed by atoms with Gasteiger partial charge in [-0.2, -0.15) is 0 Å². The lowest BCUT2D eigenvalue weighted by Crippen LogP contribution is -2.15. The highest BCUT2D eigenvalue weighted by molar-refractivity contribution is 5.59. The fraction of sp³-hybridized carbons (Fsp3) is 0.308. The van der Waals surface area contributed by atoms with Crippen molar-refractivity contribution in [2.45, 2.75) is 25.4 Å². The maximum absolute atomic E-state index is 13.5. The van der Waals surface area contributed by atoms with Gasteiger partial charge in [-0.25, -0.2) is 8.78 Å². The van der Waals surface area contributed by atoms with Crippen molar-refractivity contribution < 1.29 is 13.3 Å². The number of aromatic nitrogens is 1. The summed E-state index contributed by atoms with van der Waals surface area (Å²) in [4.78, 5) is 0. The Labute approximate surface area is 103 Å². The van der Waals surface area contributed by atoms with Crippen molar-refractivity contribution in [3.8, 4) is 11.3 Å². The van der Waals surface area contributed by atoms with Crippen LogP contribution in [0.4, 0.5) is 8.78 Å². The first-order valence-electron chi connectivity index (χ1n) is 5.87. The number of halogens is 2. The second-order valence-corrected chi connectivity index (χ2v) is 4.43. The zero-order valence-electron chi connectivity index (χ0n) is 9.62. The summed E-state index contributed by atoms with van der Waals surface area (Å²) in [6, 6.07) is 5.83. The van der Waals surface area contributed by atoms with Gasteiger partial charge in [0.05, 0.1) is 11.3 Å². The third kappa shape index (κ3) is 2.26. The Hall–Kier alpha value is -1.75. The Morgan fingerprint density at radius 2 is 2.00 bits per heavy atom. The van der Waals surface area contributed by atoms with Crippen LogP contribution in [0, 0.1) is 11.6 Å². The van der Waals surface area contributed by atoms with Crippen LogP contribution in [-0.4, -0.2) is 11.2 Å². The highest BCUT2D eigenvalue weighted by Gasteiger charge is 2.21. The summed E-state index contributed by atoms with van der Waals surface area (Å²) in [5.74, 6) is -1.17. The Balaban J connectivity index is 1.83. The van der Waals surface area contributed by atoms with E-state index in [2.05, 4.69) is 10.5 Å². The van der Waals surface area contributed by atoms with Crippen molar-refractivity contribution in [1.29, 1.82) is 0 Å².